The van der Waals surface area contributed by atoms with Gasteiger partial charge in [0.05, 0.1) is 6.54 Å². The predicted octanol–water partition coefficient (Wildman–Crippen LogP) is 1.52. The Balaban J connectivity index is 1.68. The molecule has 6 heteroatoms. The maximum absolute atomic E-state index is 11.9. The number of carbonyl (C=O) groups is 2. The Hall–Kier alpha value is -1.82. The Morgan fingerprint density at radius 1 is 1.32 bits per heavy atom. The van der Waals surface area contributed by atoms with Crippen LogP contribution in [-0.2, 0) is 11.3 Å². The van der Waals surface area contributed by atoms with Gasteiger partial charge in [-0.15, -0.1) is 0 Å². The van der Waals surface area contributed by atoms with Gasteiger partial charge in [-0.2, -0.15) is 0 Å². The Bertz CT molecular complexity index is 506. The maximum atomic E-state index is 11.9. The number of likely N-dealkylation sites (tertiary alicyclic amines) is 1. The highest BCUT2D eigenvalue weighted by Crippen LogP contribution is 2.15. The minimum Gasteiger partial charge on any atom is -0.454 e. The standard InChI is InChI=1S/C16H25N3O3/c1-12(19-9-3-4-10-19)5-8-15(20)18-11-13-6-7-14(22-13)16(21)17-2/h6-7,12H,3-5,8-11H2,1-2H3,(H,17,21)(H,18,20). The molecular formula is C16H25N3O3. The minimum absolute atomic E-state index is 0.0175. The molecule has 2 amide bonds. The predicted molar refractivity (Wildman–Crippen MR) is 83.4 cm³/mol. The molecule has 0 spiro atoms. The number of furan rings is 1. The van der Waals surface area contributed by atoms with Gasteiger partial charge in [-0.25, -0.2) is 0 Å². The summed E-state index contributed by atoms with van der Waals surface area (Å²) in [5.41, 5.74) is 0. The SMILES string of the molecule is CNC(=O)c1ccc(CNC(=O)CCC(C)N2CCCC2)o1. The van der Waals surface area contributed by atoms with Gasteiger partial charge in [0.25, 0.3) is 5.91 Å². The summed E-state index contributed by atoms with van der Waals surface area (Å²) in [7, 11) is 1.55. The highest BCUT2D eigenvalue weighted by molar-refractivity contribution is 5.91. The molecule has 0 radical (unpaired) electrons. The lowest BCUT2D eigenvalue weighted by molar-refractivity contribution is -0.121. The smallest absolute Gasteiger partial charge is 0.286 e. The van der Waals surface area contributed by atoms with E-state index >= 15 is 0 Å². The van der Waals surface area contributed by atoms with E-state index in [2.05, 4.69) is 22.5 Å². The maximum Gasteiger partial charge on any atom is 0.286 e. The molecule has 1 saturated heterocycles. The van der Waals surface area contributed by atoms with Crippen molar-refractivity contribution in [3.8, 4) is 0 Å². The number of nitrogens with one attached hydrogen (secondary N) is 2. The normalized spacial score (nSPS) is 16.5. The third-order valence-electron chi connectivity index (χ3n) is 4.13. The number of nitrogens with zero attached hydrogens (tertiary/aromatic N) is 1. The summed E-state index contributed by atoms with van der Waals surface area (Å²) in [5.74, 6) is 0.593. The van der Waals surface area contributed by atoms with Gasteiger partial charge in [-0.1, -0.05) is 0 Å². The second-order valence-corrected chi connectivity index (χ2v) is 5.75. The summed E-state index contributed by atoms with van der Waals surface area (Å²) in [6, 6.07) is 3.77. The molecule has 6 nitrogen and oxygen atoms in total. The third kappa shape index (κ3) is 4.59. The molecule has 1 aliphatic rings. The van der Waals surface area contributed by atoms with Crippen LogP contribution in [0.3, 0.4) is 0 Å². The molecule has 1 fully saturated rings. The van der Waals surface area contributed by atoms with Crippen molar-refractivity contribution in [3.63, 3.8) is 0 Å². The molecule has 2 heterocycles. The molecular weight excluding hydrogens is 282 g/mol. The highest BCUT2D eigenvalue weighted by Gasteiger charge is 2.18. The van der Waals surface area contributed by atoms with Crippen LogP contribution in [0.15, 0.2) is 16.5 Å². The van der Waals surface area contributed by atoms with E-state index in [4.69, 9.17) is 4.42 Å². The molecule has 0 aliphatic carbocycles. The van der Waals surface area contributed by atoms with Gasteiger partial charge in [-0.05, 0) is 51.4 Å². The van der Waals surface area contributed by atoms with Crippen molar-refractivity contribution >= 4 is 11.8 Å². The first-order valence-electron chi connectivity index (χ1n) is 7.91. The quantitative estimate of drug-likeness (QED) is 0.801. The highest BCUT2D eigenvalue weighted by atomic mass is 16.4. The zero-order valence-electron chi connectivity index (χ0n) is 13.4. The van der Waals surface area contributed by atoms with Gasteiger partial charge < -0.3 is 20.0 Å². The van der Waals surface area contributed by atoms with Crippen LogP contribution in [0, 0.1) is 0 Å². The Kier molecular flexibility index (Phi) is 6.00. The fourth-order valence-electron chi connectivity index (χ4n) is 2.70. The topological polar surface area (TPSA) is 74.6 Å². The van der Waals surface area contributed by atoms with Crippen molar-refractivity contribution in [2.45, 2.75) is 45.2 Å². The molecule has 1 aromatic rings. The first kappa shape index (κ1) is 16.5. The van der Waals surface area contributed by atoms with Crippen molar-refractivity contribution in [2.24, 2.45) is 0 Å². The summed E-state index contributed by atoms with van der Waals surface area (Å²) in [5, 5.41) is 5.33. The first-order valence-corrected chi connectivity index (χ1v) is 7.91. The van der Waals surface area contributed by atoms with E-state index in [1.807, 2.05) is 0 Å². The van der Waals surface area contributed by atoms with E-state index in [1.165, 1.54) is 12.8 Å². The molecule has 1 aromatic heterocycles. The third-order valence-corrected chi connectivity index (χ3v) is 4.13. The zero-order chi connectivity index (χ0) is 15.9. The van der Waals surface area contributed by atoms with Crippen molar-refractivity contribution in [2.75, 3.05) is 20.1 Å². The molecule has 22 heavy (non-hydrogen) atoms. The van der Waals surface area contributed by atoms with Crippen LogP contribution in [0.1, 0.15) is 48.9 Å². The number of amides is 2. The van der Waals surface area contributed by atoms with E-state index in [0.717, 1.165) is 19.5 Å². The molecule has 0 saturated carbocycles. The van der Waals surface area contributed by atoms with Crippen molar-refractivity contribution in [1.29, 1.82) is 0 Å². The minimum atomic E-state index is -0.267. The molecule has 0 aromatic carbocycles. The summed E-state index contributed by atoms with van der Waals surface area (Å²) in [4.78, 5) is 25.7. The lowest BCUT2D eigenvalue weighted by Gasteiger charge is -2.23. The summed E-state index contributed by atoms with van der Waals surface area (Å²) >= 11 is 0. The number of rotatable bonds is 7. The Morgan fingerprint density at radius 3 is 2.73 bits per heavy atom. The molecule has 2 rings (SSSR count). The average Bonchev–Trinajstić information content (AvgIpc) is 3.20. The van der Waals surface area contributed by atoms with Crippen LogP contribution in [0.25, 0.3) is 0 Å². The van der Waals surface area contributed by atoms with E-state index in [9.17, 15) is 9.59 Å². The lowest BCUT2D eigenvalue weighted by Crippen LogP contribution is -2.32. The second-order valence-electron chi connectivity index (χ2n) is 5.75. The van der Waals surface area contributed by atoms with E-state index in [0.29, 0.717) is 24.8 Å². The average molecular weight is 307 g/mol. The molecule has 1 aliphatic heterocycles. The molecule has 0 bridgehead atoms. The van der Waals surface area contributed by atoms with Crippen LogP contribution in [0.4, 0.5) is 0 Å². The Labute approximate surface area is 131 Å². The molecule has 2 N–H and O–H groups in total. The van der Waals surface area contributed by atoms with Gasteiger partial charge in [0.2, 0.25) is 5.91 Å². The van der Waals surface area contributed by atoms with Gasteiger partial charge in [0.15, 0.2) is 5.76 Å². The summed E-state index contributed by atoms with van der Waals surface area (Å²) < 4.78 is 5.36. The van der Waals surface area contributed by atoms with Crippen LogP contribution < -0.4 is 10.6 Å². The fraction of sp³-hybridized carbons (Fsp3) is 0.625. The van der Waals surface area contributed by atoms with Crippen molar-refractivity contribution in [1.82, 2.24) is 15.5 Å². The number of carbonyl (C=O) groups excluding carboxylic acids is 2. The van der Waals surface area contributed by atoms with Crippen LogP contribution in [0.2, 0.25) is 0 Å². The van der Waals surface area contributed by atoms with E-state index in [1.54, 1.807) is 19.2 Å². The monoisotopic (exact) mass is 307 g/mol. The molecule has 1 atom stereocenters. The van der Waals surface area contributed by atoms with E-state index < -0.39 is 0 Å². The Morgan fingerprint density at radius 2 is 2.05 bits per heavy atom. The first-order chi connectivity index (χ1) is 10.6. The van der Waals surface area contributed by atoms with Crippen LogP contribution in [0.5, 0.6) is 0 Å². The lowest BCUT2D eigenvalue weighted by atomic mass is 10.1. The van der Waals surface area contributed by atoms with Gasteiger partial charge >= 0.3 is 0 Å². The second kappa shape index (κ2) is 7.98. The zero-order valence-corrected chi connectivity index (χ0v) is 13.4. The largest absolute Gasteiger partial charge is 0.454 e. The van der Waals surface area contributed by atoms with Gasteiger partial charge in [-0.3, -0.25) is 9.59 Å². The van der Waals surface area contributed by atoms with Gasteiger partial charge in [0, 0.05) is 19.5 Å². The van der Waals surface area contributed by atoms with E-state index in [-0.39, 0.29) is 17.6 Å². The van der Waals surface area contributed by atoms with Crippen molar-refractivity contribution in [3.05, 3.63) is 23.7 Å². The molecule has 122 valence electrons. The summed E-state index contributed by atoms with van der Waals surface area (Å²) in [6.07, 6.45) is 3.92. The number of hydrogen-bond donors (Lipinski definition) is 2. The summed E-state index contributed by atoms with van der Waals surface area (Å²) in [6.45, 7) is 4.80. The molecule has 1 unspecified atom stereocenters. The van der Waals surface area contributed by atoms with Gasteiger partial charge in [0.1, 0.15) is 5.76 Å². The van der Waals surface area contributed by atoms with Crippen LogP contribution >= 0.6 is 0 Å². The number of hydrogen-bond acceptors (Lipinski definition) is 4. The van der Waals surface area contributed by atoms with Crippen molar-refractivity contribution < 1.29 is 14.0 Å². The fourth-order valence-corrected chi connectivity index (χ4v) is 2.70. The van der Waals surface area contributed by atoms with Crippen LogP contribution in [-0.4, -0.2) is 42.9 Å².